The van der Waals surface area contributed by atoms with Crippen LogP contribution >= 0.6 is 0 Å². The van der Waals surface area contributed by atoms with Gasteiger partial charge in [0.2, 0.25) is 0 Å². The van der Waals surface area contributed by atoms with Crippen LogP contribution in [-0.2, 0) is 6.42 Å². The highest BCUT2D eigenvalue weighted by Crippen LogP contribution is 2.17. The predicted molar refractivity (Wildman–Crippen MR) is 95.5 cm³/mol. The zero-order chi connectivity index (χ0) is 16.9. The number of nitrogens with zero attached hydrogens (tertiary/aromatic N) is 2. The molecule has 1 N–H and O–H groups in total. The summed E-state index contributed by atoms with van der Waals surface area (Å²) in [6.45, 7) is 4.44. The Balaban J connectivity index is 1.72. The summed E-state index contributed by atoms with van der Waals surface area (Å²) < 4.78 is 2.01. The molecule has 0 atom stereocenters. The van der Waals surface area contributed by atoms with Crippen molar-refractivity contribution in [3.8, 4) is 5.69 Å². The fraction of sp³-hybridized carbons (Fsp3) is 0.200. The Kier molecular flexibility index (Phi) is 4.75. The van der Waals surface area contributed by atoms with Gasteiger partial charge in [-0.15, -0.1) is 0 Å². The zero-order valence-electron chi connectivity index (χ0n) is 14.0. The molecule has 0 aliphatic heterocycles. The van der Waals surface area contributed by atoms with Crippen LogP contribution in [0.3, 0.4) is 0 Å². The minimum absolute atomic E-state index is 0.124. The molecule has 4 heteroatoms. The molecule has 122 valence electrons. The highest BCUT2D eigenvalue weighted by atomic mass is 16.1. The molecule has 1 aromatic heterocycles. The van der Waals surface area contributed by atoms with Gasteiger partial charge in [-0.2, -0.15) is 0 Å². The van der Waals surface area contributed by atoms with Crippen molar-refractivity contribution >= 4 is 5.91 Å². The number of para-hydroxylation sites is 1. The third kappa shape index (κ3) is 3.38. The van der Waals surface area contributed by atoms with E-state index in [1.807, 2.05) is 66.9 Å². The van der Waals surface area contributed by atoms with Gasteiger partial charge in [-0.3, -0.25) is 4.79 Å². The normalized spacial score (nSPS) is 10.6. The molecule has 0 saturated heterocycles. The highest BCUT2D eigenvalue weighted by Gasteiger charge is 2.18. The second-order valence-corrected chi connectivity index (χ2v) is 5.76. The summed E-state index contributed by atoms with van der Waals surface area (Å²) in [7, 11) is 0. The summed E-state index contributed by atoms with van der Waals surface area (Å²) >= 11 is 0. The van der Waals surface area contributed by atoms with Crippen molar-refractivity contribution in [2.24, 2.45) is 0 Å². The van der Waals surface area contributed by atoms with E-state index in [1.165, 1.54) is 5.56 Å². The number of aromatic nitrogens is 2. The van der Waals surface area contributed by atoms with Gasteiger partial charge in [0.25, 0.3) is 5.91 Å². The average Bonchev–Trinajstić information content (AvgIpc) is 2.91. The quantitative estimate of drug-likeness (QED) is 0.783. The second-order valence-electron chi connectivity index (χ2n) is 5.76. The molecule has 0 unspecified atom stereocenters. The summed E-state index contributed by atoms with van der Waals surface area (Å²) in [4.78, 5) is 16.9. The van der Waals surface area contributed by atoms with Crippen LogP contribution in [-0.4, -0.2) is 22.0 Å². The van der Waals surface area contributed by atoms with Crippen LogP contribution in [0.25, 0.3) is 5.69 Å². The Labute approximate surface area is 142 Å². The number of carbonyl (C=O) groups excluding carboxylic acids is 1. The summed E-state index contributed by atoms with van der Waals surface area (Å²) in [6.07, 6.45) is 0.810. The molecule has 4 nitrogen and oxygen atoms in total. The van der Waals surface area contributed by atoms with E-state index < -0.39 is 0 Å². The van der Waals surface area contributed by atoms with Gasteiger partial charge in [-0.1, -0.05) is 48.5 Å². The lowest BCUT2D eigenvalue weighted by molar-refractivity contribution is 0.0949. The maximum atomic E-state index is 12.5. The number of nitrogens with one attached hydrogen (secondary N) is 1. The number of hydrogen-bond donors (Lipinski definition) is 1. The molecule has 0 aliphatic rings. The second kappa shape index (κ2) is 7.13. The Hall–Kier alpha value is -2.88. The Morgan fingerprint density at radius 2 is 1.62 bits per heavy atom. The Morgan fingerprint density at radius 3 is 2.29 bits per heavy atom. The number of rotatable bonds is 5. The first-order chi connectivity index (χ1) is 11.7. The van der Waals surface area contributed by atoms with Gasteiger partial charge in [-0.05, 0) is 38.0 Å². The first kappa shape index (κ1) is 16.0. The van der Waals surface area contributed by atoms with Crippen molar-refractivity contribution in [1.29, 1.82) is 0 Å². The van der Waals surface area contributed by atoms with Gasteiger partial charge in [0.05, 0.1) is 5.69 Å². The lowest BCUT2D eigenvalue weighted by atomic mass is 10.1. The van der Waals surface area contributed by atoms with Crippen molar-refractivity contribution in [3.63, 3.8) is 0 Å². The van der Waals surface area contributed by atoms with Crippen molar-refractivity contribution in [2.75, 3.05) is 6.54 Å². The van der Waals surface area contributed by atoms with E-state index in [-0.39, 0.29) is 5.91 Å². The average molecular weight is 319 g/mol. The molecule has 1 heterocycles. The van der Waals surface area contributed by atoms with Crippen molar-refractivity contribution in [2.45, 2.75) is 20.3 Å². The van der Waals surface area contributed by atoms with Gasteiger partial charge in [0, 0.05) is 12.2 Å². The molecule has 0 spiro atoms. The molecule has 0 saturated carbocycles. The van der Waals surface area contributed by atoms with E-state index in [1.54, 1.807) is 0 Å². The standard InChI is InChI=1S/C20H21N3O/c1-15-19(20(24)21-14-13-17-9-5-3-6-10-17)22-16(2)23(15)18-11-7-4-8-12-18/h3-12H,13-14H2,1-2H3,(H,21,24). The summed E-state index contributed by atoms with van der Waals surface area (Å²) in [5.74, 6) is 0.688. The molecule has 24 heavy (non-hydrogen) atoms. The molecule has 2 aromatic carbocycles. The van der Waals surface area contributed by atoms with E-state index in [4.69, 9.17) is 0 Å². The van der Waals surface area contributed by atoms with Gasteiger partial charge in [0.1, 0.15) is 11.5 Å². The molecule has 0 aliphatic carbocycles. The smallest absolute Gasteiger partial charge is 0.271 e. The molecular formula is C20H21N3O. The fourth-order valence-corrected chi connectivity index (χ4v) is 2.86. The largest absolute Gasteiger partial charge is 0.350 e. The summed E-state index contributed by atoms with van der Waals surface area (Å²) in [5.41, 5.74) is 3.57. The molecule has 1 amide bonds. The molecule has 0 radical (unpaired) electrons. The van der Waals surface area contributed by atoms with Crippen LogP contribution in [0, 0.1) is 13.8 Å². The first-order valence-corrected chi connectivity index (χ1v) is 8.10. The Morgan fingerprint density at radius 1 is 1.00 bits per heavy atom. The molecule has 0 bridgehead atoms. The minimum Gasteiger partial charge on any atom is -0.350 e. The van der Waals surface area contributed by atoms with E-state index in [2.05, 4.69) is 22.4 Å². The van der Waals surface area contributed by atoms with E-state index >= 15 is 0 Å². The summed E-state index contributed by atoms with van der Waals surface area (Å²) in [5, 5.41) is 2.97. The molecule has 3 rings (SSSR count). The monoisotopic (exact) mass is 319 g/mol. The van der Waals surface area contributed by atoms with Crippen LogP contribution in [0.1, 0.15) is 27.6 Å². The maximum Gasteiger partial charge on any atom is 0.271 e. The van der Waals surface area contributed by atoms with Crippen LogP contribution in [0.15, 0.2) is 60.7 Å². The minimum atomic E-state index is -0.124. The first-order valence-electron chi connectivity index (χ1n) is 8.10. The van der Waals surface area contributed by atoms with Crippen LogP contribution < -0.4 is 5.32 Å². The number of amides is 1. The number of benzene rings is 2. The van der Waals surface area contributed by atoms with Crippen LogP contribution in [0.4, 0.5) is 0 Å². The van der Waals surface area contributed by atoms with Crippen LogP contribution in [0.2, 0.25) is 0 Å². The number of imidazole rings is 1. The number of hydrogen-bond acceptors (Lipinski definition) is 2. The fourth-order valence-electron chi connectivity index (χ4n) is 2.86. The highest BCUT2D eigenvalue weighted by molar-refractivity contribution is 5.93. The molecular weight excluding hydrogens is 298 g/mol. The van der Waals surface area contributed by atoms with Gasteiger partial charge in [0.15, 0.2) is 0 Å². The summed E-state index contributed by atoms with van der Waals surface area (Å²) in [6, 6.07) is 20.1. The zero-order valence-corrected chi connectivity index (χ0v) is 14.0. The van der Waals surface area contributed by atoms with Gasteiger partial charge >= 0.3 is 0 Å². The third-order valence-corrected chi connectivity index (χ3v) is 4.05. The molecule has 0 fully saturated rings. The van der Waals surface area contributed by atoms with E-state index in [0.717, 1.165) is 23.6 Å². The Bertz CT molecular complexity index is 823. The molecule has 3 aromatic rings. The topological polar surface area (TPSA) is 46.9 Å². The maximum absolute atomic E-state index is 12.5. The van der Waals surface area contributed by atoms with Crippen molar-refractivity contribution in [3.05, 3.63) is 83.4 Å². The predicted octanol–water partition coefficient (Wildman–Crippen LogP) is 3.46. The van der Waals surface area contributed by atoms with E-state index in [0.29, 0.717) is 12.2 Å². The van der Waals surface area contributed by atoms with Crippen molar-refractivity contribution < 1.29 is 4.79 Å². The number of aryl methyl sites for hydroxylation is 1. The third-order valence-electron chi connectivity index (χ3n) is 4.05. The van der Waals surface area contributed by atoms with Gasteiger partial charge < -0.3 is 9.88 Å². The number of carbonyl (C=O) groups is 1. The lowest BCUT2D eigenvalue weighted by Crippen LogP contribution is -2.26. The lowest BCUT2D eigenvalue weighted by Gasteiger charge is -2.08. The van der Waals surface area contributed by atoms with Gasteiger partial charge in [-0.25, -0.2) is 4.98 Å². The van der Waals surface area contributed by atoms with E-state index in [9.17, 15) is 4.79 Å². The van der Waals surface area contributed by atoms with Crippen molar-refractivity contribution in [1.82, 2.24) is 14.9 Å². The van der Waals surface area contributed by atoms with Crippen LogP contribution in [0.5, 0.6) is 0 Å². The SMILES string of the molecule is Cc1nc(C(=O)NCCc2ccccc2)c(C)n1-c1ccccc1.